The molecule has 1 aliphatic carbocycles. The Balaban J connectivity index is 1.56. The Morgan fingerprint density at radius 1 is 1.12 bits per heavy atom. The van der Waals surface area contributed by atoms with Gasteiger partial charge in [0.15, 0.2) is 0 Å². The van der Waals surface area contributed by atoms with Gasteiger partial charge in [0.25, 0.3) is 0 Å². The van der Waals surface area contributed by atoms with Crippen molar-refractivity contribution in [3.05, 3.63) is 48.0 Å². The minimum Gasteiger partial charge on any atom is -0.355 e. The van der Waals surface area contributed by atoms with E-state index in [-0.39, 0.29) is 30.0 Å². The van der Waals surface area contributed by atoms with Gasteiger partial charge in [-0.1, -0.05) is 42.5 Å². The van der Waals surface area contributed by atoms with Crippen LogP contribution in [0.15, 0.2) is 42.5 Å². The average molecular weight is 346 g/mol. The molecule has 1 saturated carbocycles. The molecule has 1 fully saturated rings. The molecule has 1 amide bonds. The number of hydrogen-bond acceptors (Lipinski definition) is 3. The summed E-state index contributed by atoms with van der Waals surface area (Å²) >= 11 is 0. The third-order valence-electron chi connectivity index (χ3n) is 4.48. The highest BCUT2D eigenvalue weighted by Gasteiger charge is 2.44. The van der Waals surface area contributed by atoms with Gasteiger partial charge >= 0.3 is 0 Å². The molecule has 2 N–H and O–H groups in total. The highest BCUT2D eigenvalue weighted by molar-refractivity contribution is 7.89. The lowest BCUT2D eigenvalue weighted by Gasteiger charge is -2.08. The monoisotopic (exact) mass is 346 g/mol. The lowest BCUT2D eigenvalue weighted by atomic mass is 10.00. The molecule has 0 radical (unpaired) electrons. The lowest BCUT2D eigenvalue weighted by molar-refractivity contribution is -0.122. The van der Waals surface area contributed by atoms with Gasteiger partial charge in [0.1, 0.15) is 0 Å². The molecule has 2 atom stereocenters. The van der Waals surface area contributed by atoms with Gasteiger partial charge in [-0.25, -0.2) is 13.1 Å². The first-order valence-corrected chi connectivity index (χ1v) is 9.90. The summed E-state index contributed by atoms with van der Waals surface area (Å²) in [5, 5.41) is 5.22. The first-order chi connectivity index (χ1) is 11.5. The summed E-state index contributed by atoms with van der Waals surface area (Å²) in [7, 11) is -3.20. The van der Waals surface area contributed by atoms with Crippen LogP contribution in [0.25, 0.3) is 10.8 Å². The lowest BCUT2D eigenvalue weighted by Crippen LogP contribution is -2.36. The number of sulfonamides is 1. The van der Waals surface area contributed by atoms with E-state index in [1.165, 1.54) is 16.3 Å². The second kappa shape index (κ2) is 6.91. The van der Waals surface area contributed by atoms with Gasteiger partial charge < -0.3 is 5.32 Å². The summed E-state index contributed by atoms with van der Waals surface area (Å²) in [6.07, 6.45) is 0.848. The molecule has 6 heteroatoms. The van der Waals surface area contributed by atoms with E-state index >= 15 is 0 Å². The number of benzene rings is 2. The van der Waals surface area contributed by atoms with Crippen LogP contribution in [0.4, 0.5) is 0 Å². The predicted octanol–water partition coefficient (Wildman–Crippen LogP) is 2.00. The van der Waals surface area contributed by atoms with Crippen molar-refractivity contribution in [1.29, 1.82) is 0 Å². The average Bonchev–Trinajstić information content (AvgIpc) is 3.39. The third kappa shape index (κ3) is 3.76. The van der Waals surface area contributed by atoms with Gasteiger partial charge in [-0.2, -0.15) is 0 Å². The molecule has 3 rings (SSSR count). The fraction of sp³-hybridized carbons (Fsp3) is 0.389. The van der Waals surface area contributed by atoms with Crippen LogP contribution in [-0.2, 0) is 14.8 Å². The molecule has 2 aromatic carbocycles. The zero-order chi connectivity index (χ0) is 17.2. The Labute approximate surface area is 142 Å². The zero-order valence-electron chi connectivity index (χ0n) is 13.7. The molecule has 2 unspecified atom stereocenters. The van der Waals surface area contributed by atoms with Crippen molar-refractivity contribution in [2.24, 2.45) is 5.92 Å². The van der Waals surface area contributed by atoms with E-state index in [2.05, 4.69) is 34.3 Å². The molecule has 128 valence electrons. The van der Waals surface area contributed by atoms with Crippen molar-refractivity contribution in [1.82, 2.24) is 10.0 Å². The Morgan fingerprint density at radius 2 is 1.88 bits per heavy atom. The van der Waals surface area contributed by atoms with Crippen LogP contribution in [0.2, 0.25) is 0 Å². The van der Waals surface area contributed by atoms with Crippen LogP contribution >= 0.6 is 0 Å². The topological polar surface area (TPSA) is 75.3 Å². The summed E-state index contributed by atoms with van der Waals surface area (Å²) in [6, 6.07) is 14.4. The van der Waals surface area contributed by atoms with Crippen LogP contribution < -0.4 is 10.0 Å². The Morgan fingerprint density at radius 3 is 2.67 bits per heavy atom. The normalized spacial score (nSPS) is 20.0. The molecule has 0 bridgehead atoms. The maximum Gasteiger partial charge on any atom is 0.223 e. The summed E-state index contributed by atoms with van der Waals surface area (Å²) in [5.41, 5.74) is 1.22. The molecule has 0 saturated heterocycles. The van der Waals surface area contributed by atoms with Gasteiger partial charge in [0.2, 0.25) is 15.9 Å². The molecule has 5 nitrogen and oxygen atoms in total. The van der Waals surface area contributed by atoms with E-state index in [1.54, 1.807) is 6.92 Å². The molecular formula is C18H22N2O3S. The van der Waals surface area contributed by atoms with E-state index in [0.29, 0.717) is 6.54 Å². The largest absolute Gasteiger partial charge is 0.355 e. The minimum absolute atomic E-state index is 0.00336. The summed E-state index contributed by atoms with van der Waals surface area (Å²) in [4.78, 5) is 12.2. The molecular weight excluding hydrogens is 324 g/mol. The summed E-state index contributed by atoms with van der Waals surface area (Å²) in [6.45, 7) is 2.13. The zero-order valence-corrected chi connectivity index (χ0v) is 14.5. The number of amides is 1. The van der Waals surface area contributed by atoms with Crippen molar-refractivity contribution >= 4 is 26.7 Å². The van der Waals surface area contributed by atoms with Gasteiger partial charge in [-0.15, -0.1) is 0 Å². The molecule has 1 aliphatic rings. The second-order valence-electron chi connectivity index (χ2n) is 6.11. The quantitative estimate of drug-likeness (QED) is 0.753. The molecule has 0 aliphatic heterocycles. The van der Waals surface area contributed by atoms with Crippen LogP contribution in [-0.4, -0.2) is 33.2 Å². The smallest absolute Gasteiger partial charge is 0.223 e. The van der Waals surface area contributed by atoms with Crippen molar-refractivity contribution < 1.29 is 13.2 Å². The van der Waals surface area contributed by atoms with Gasteiger partial charge in [0, 0.05) is 19.0 Å². The van der Waals surface area contributed by atoms with Crippen molar-refractivity contribution in [2.45, 2.75) is 19.3 Å². The standard InChI is InChI=1S/C18H22N2O3S/c1-2-24(22,23)20-11-10-19-18(21)17-12-16(17)15-9-5-7-13-6-3-4-8-14(13)15/h3-9,16-17,20H,2,10-12H2,1H3,(H,19,21). The van der Waals surface area contributed by atoms with Crippen LogP contribution in [0.5, 0.6) is 0 Å². The van der Waals surface area contributed by atoms with Crippen molar-refractivity contribution in [2.75, 3.05) is 18.8 Å². The van der Waals surface area contributed by atoms with E-state index in [0.717, 1.165) is 6.42 Å². The molecule has 0 spiro atoms. The fourth-order valence-electron chi connectivity index (χ4n) is 3.03. The summed E-state index contributed by atoms with van der Waals surface area (Å²) < 4.78 is 25.1. The Bertz CT molecular complexity index is 843. The maximum absolute atomic E-state index is 12.2. The van der Waals surface area contributed by atoms with E-state index in [1.807, 2.05) is 18.2 Å². The highest BCUT2D eigenvalue weighted by atomic mass is 32.2. The Hall–Kier alpha value is -1.92. The van der Waals surface area contributed by atoms with Crippen molar-refractivity contribution in [3.8, 4) is 0 Å². The number of rotatable bonds is 7. The van der Waals surface area contributed by atoms with E-state index < -0.39 is 10.0 Å². The minimum atomic E-state index is -3.20. The van der Waals surface area contributed by atoms with Gasteiger partial charge in [0.05, 0.1) is 5.75 Å². The third-order valence-corrected chi connectivity index (χ3v) is 5.88. The number of fused-ring (bicyclic) bond motifs is 1. The van der Waals surface area contributed by atoms with Gasteiger partial charge in [-0.3, -0.25) is 4.79 Å². The van der Waals surface area contributed by atoms with E-state index in [4.69, 9.17) is 0 Å². The molecule has 2 aromatic rings. The first kappa shape index (κ1) is 16.9. The first-order valence-electron chi connectivity index (χ1n) is 8.24. The second-order valence-corrected chi connectivity index (χ2v) is 8.20. The van der Waals surface area contributed by atoms with Crippen molar-refractivity contribution in [3.63, 3.8) is 0 Å². The number of carbonyl (C=O) groups is 1. The van der Waals surface area contributed by atoms with E-state index in [9.17, 15) is 13.2 Å². The SMILES string of the molecule is CCS(=O)(=O)NCCNC(=O)C1CC1c1cccc2ccccc12. The summed E-state index contributed by atoms with van der Waals surface area (Å²) in [5.74, 6) is 0.290. The molecule has 0 aromatic heterocycles. The highest BCUT2D eigenvalue weighted by Crippen LogP contribution is 2.49. The van der Waals surface area contributed by atoms with Gasteiger partial charge in [-0.05, 0) is 35.6 Å². The molecule has 24 heavy (non-hydrogen) atoms. The van der Waals surface area contributed by atoms with Crippen LogP contribution in [0.3, 0.4) is 0 Å². The fourth-order valence-corrected chi connectivity index (χ4v) is 3.64. The van der Waals surface area contributed by atoms with Crippen LogP contribution in [0.1, 0.15) is 24.8 Å². The maximum atomic E-state index is 12.2. The Kier molecular flexibility index (Phi) is 4.87. The molecule has 0 heterocycles. The number of nitrogens with one attached hydrogen (secondary N) is 2. The van der Waals surface area contributed by atoms with Crippen LogP contribution in [0, 0.1) is 5.92 Å². The number of hydrogen-bond donors (Lipinski definition) is 2. The number of carbonyl (C=O) groups excluding carboxylic acids is 1. The predicted molar refractivity (Wildman–Crippen MR) is 95.3 cm³/mol.